The average Bonchev–Trinajstić information content (AvgIpc) is 3.34. The van der Waals surface area contributed by atoms with E-state index in [4.69, 9.17) is 11.6 Å². The number of hydrogen-bond donors (Lipinski definition) is 2. The molecule has 0 aliphatic rings. The number of carbonyl (C=O) groups is 1. The summed E-state index contributed by atoms with van der Waals surface area (Å²) in [6.45, 7) is 0. The average molecular weight is 395 g/mol. The number of nitrogens with zero attached hydrogens (tertiary/aromatic N) is 2. The Morgan fingerprint density at radius 1 is 0.926 bits per heavy atom. The molecule has 4 aromatic rings. The second kappa shape index (κ2) is 7.65. The standard InChI is InChI=1S/C20H15ClN4OS/c21-15-9-4-5-10-16(15)22-20(26)23-17-13-25(14-7-2-1-3-8-14)24-19(17)18-11-6-12-27-18/h1-13H,(H2,22,23,26). The fourth-order valence-corrected chi connectivity index (χ4v) is 3.52. The minimum absolute atomic E-state index is 0.381. The molecular formula is C20H15ClN4OS. The van der Waals surface area contributed by atoms with Crippen molar-refractivity contribution in [3.05, 3.63) is 83.3 Å². The Morgan fingerprint density at radius 3 is 2.41 bits per heavy atom. The Balaban J connectivity index is 1.64. The summed E-state index contributed by atoms with van der Waals surface area (Å²) in [7, 11) is 0. The molecule has 2 heterocycles. The van der Waals surface area contributed by atoms with Crippen molar-refractivity contribution in [3.63, 3.8) is 0 Å². The number of nitrogens with one attached hydrogen (secondary N) is 2. The van der Waals surface area contributed by atoms with Crippen molar-refractivity contribution in [2.24, 2.45) is 0 Å². The van der Waals surface area contributed by atoms with Gasteiger partial charge in [0, 0.05) is 0 Å². The lowest BCUT2D eigenvalue weighted by Gasteiger charge is -2.08. The summed E-state index contributed by atoms with van der Waals surface area (Å²) in [5, 5.41) is 12.8. The topological polar surface area (TPSA) is 59.0 Å². The van der Waals surface area contributed by atoms with Crippen molar-refractivity contribution in [1.29, 1.82) is 0 Å². The maximum atomic E-state index is 12.5. The third-order valence-electron chi connectivity index (χ3n) is 3.86. The van der Waals surface area contributed by atoms with Crippen LogP contribution in [0.1, 0.15) is 0 Å². The first-order valence-electron chi connectivity index (χ1n) is 8.22. The third kappa shape index (κ3) is 3.86. The lowest BCUT2D eigenvalue weighted by atomic mass is 10.3. The summed E-state index contributed by atoms with van der Waals surface area (Å²) in [4.78, 5) is 13.5. The molecule has 5 nitrogen and oxygen atoms in total. The van der Waals surface area contributed by atoms with E-state index in [2.05, 4.69) is 15.7 Å². The minimum Gasteiger partial charge on any atom is -0.306 e. The van der Waals surface area contributed by atoms with Crippen molar-refractivity contribution in [2.75, 3.05) is 10.6 Å². The predicted octanol–water partition coefficient (Wildman–Crippen LogP) is 5.90. The van der Waals surface area contributed by atoms with Crippen LogP contribution in [-0.2, 0) is 0 Å². The lowest BCUT2D eigenvalue weighted by Crippen LogP contribution is -2.19. The molecule has 134 valence electrons. The predicted molar refractivity (Wildman–Crippen MR) is 111 cm³/mol. The quantitative estimate of drug-likeness (QED) is 0.452. The molecule has 0 radical (unpaired) electrons. The molecule has 2 aromatic carbocycles. The normalized spacial score (nSPS) is 10.6. The molecule has 4 rings (SSSR count). The maximum Gasteiger partial charge on any atom is 0.323 e. The number of para-hydroxylation sites is 2. The first-order chi connectivity index (χ1) is 13.2. The van der Waals surface area contributed by atoms with Gasteiger partial charge < -0.3 is 10.6 Å². The Labute approximate surface area is 165 Å². The summed E-state index contributed by atoms with van der Waals surface area (Å²) in [5.74, 6) is 0. The van der Waals surface area contributed by atoms with E-state index >= 15 is 0 Å². The highest BCUT2D eigenvalue weighted by molar-refractivity contribution is 7.13. The first kappa shape index (κ1) is 17.3. The van der Waals surface area contributed by atoms with Gasteiger partial charge in [0.1, 0.15) is 5.69 Å². The molecule has 7 heteroatoms. The molecule has 2 amide bonds. The van der Waals surface area contributed by atoms with Crippen LogP contribution < -0.4 is 10.6 Å². The molecule has 2 aromatic heterocycles. The number of aromatic nitrogens is 2. The molecule has 0 atom stereocenters. The first-order valence-corrected chi connectivity index (χ1v) is 9.48. The molecule has 0 unspecified atom stereocenters. The van der Waals surface area contributed by atoms with Crippen LogP contribution in [0.2, 0.25) is 5.02 Å². The van der Waals surface area contributed by atoms with E-state index in [0.717, 1.165) is 10.6 Å². The number of anilines is 2. The van der Waals surface area contributed by atoms with E-state index in [0.29, 0.717) is 22.1 Å². The van der Waals surface area contributed by atoms with Crippen LogP contribution in [-0.4, -0.2) is 15.8 Å². The minimum atomic E-state index is -0.381. The van der Waals surface area contributed by atoms with E-state index in [1.807, 2.05) is 60.0 Å². The number of halogens is 1. The van der Waals surface area contributed by atoms with Crippen LogP contribution in [0.15, 0.2) is 78.3 Å². The maximum absolute atomic E-state index is 12.5. The summed E-state index contributed by atoms with van der Waals surface area (Å²) in [6.07, 6.45) is 1.80. The van der Waals surface area contributed by atoms with Crippen molar-refractivity contribution >= 4 is 40.3 Å². The van der Waals surface area contributed by atoms with Crippen LogP contribution in [0.3, 0.4) is 0 Å². The van der Waals surface area contributed by atoms with Gasteiger partial charge in [-0.05, 0) is 35.7 Å². The van der Waals surface area contributed by atoms with Crippen molar-refractivity contribution in [2.45, 2.75) is 0 Å². The number of hydrogen-bond acceptors (Lipinski definition) is 3. The lowest BCUT2D eigenvalue weighted by molar-refractivity contribution is 0.262. The fourth-order valence-electron chi connectivity index (χ4n) is 2.61. The van der Waals surface area contributed by atoms with E-state index in [1.165, 1.54) is 0 Å². The van der Waals surface area contributed by atoms with Gasteiger partial charge in [0.2, 0.25) is 0 Å². The zero-order valence-electron chi connectivity index (χ0n) is 14.1. The van der Waals surface area contributed by atoms with Gasteiger partial charge in [0.25, 0.3) is 0 Å². The van der Waals surface area contributed by atoms with Crippen LogP contribution in [0, 0.1) is 0 Å². The van der Waals surface area contributed by atoms with Crippen LogP contribution in [0.25, 0.3) is 16.3 Å². The van der Waals surface area contributed by atoms with Gasteiger partial charge in [0.15, 0.2) is 0 Å². The number of urea groups is 1. The molecular weight excluding hydrogens is 380 g/mol. The molecule has 2 N–H and O–H groups in total. The number of carbonyl (C=O) groups excluding carboxylic acids is 1. The molecule has 27 heavy (non-hydrogen) atoms. The van der Waals surface area contributed by atoms with Crippen LogP contribution >= 0.6 is 22.9 Å². The second-order valence-electron chi connectivity index (χ2n) is 5.71. The molecule has 0 fully saturated rings. The monoisotopic (exact) mass is 394 g/mol. The smallest absolute Gasteiger partial charge is 0.306 e. The number of amides is 2. The third-order valence-corrected chi connectivity index (χ3v) is 5.07. The number of rotatable bonds is 4. The fraction of sp³-hybridized carbons (Fsp3) is 0. The molecule has 0 bridgehead atoms. The largest absolute Gasteiger partial charge is 0.323 e. The van der Waals surface area contributed by atoms with Gasteiger partial charge in [-0.2, -0.15) is 5.10 Å². The Hall–Kier alpha value is -3.09. The van der Waals surface area contributed by atoms with Gasteiger partial charge in [-0.15, -0.1) is 11.3 Å². The number of thiophene rings is 1. The summed E-state index contributed by atoms with van der Waals surface area (Å²) >= 11 is 7.67. The van der Waals surface area contributed by atoms with E-state index in [1.54, 1.807) is 34.3 Å². The van der Waals surface area contributed by atoms with Gasteiger partial charge in [-0.25, -0.2) is 9.48 Å². The Morgan fingerprint density at radius 2 is 1.67 bits per heavy atom. The molecule has 0 saturated heterocycles. The van der Waals surface area contributed by atoms with E-state index in [-0.39, 0.29) is 6.03 Å². The van der Waals surface area contributed by atoms with Crippen LogP contribution in [0.4, 0.5) is 16.2 Å². The molecule has 0 saturated carbocycles. The van der Waals surface area contributed by atoms with E-state index in [9.17, 15) is 4.79 Å². The van der Waals surface area contributed by atoms with Gasteiger partial charge in [0.05, 0.1) is 33.2 Å². The van der Waals surface area contributed by atoms with Crippen LogP contribution in [0.5, 0.6) is 0 Å². The van der Waals surface area contributed by atoms with Crippen molar-refractivity contribution in [3.8, 4) is 16.3 Å². The van der Waals surface area contributed by atoms with Crippen molar-refractivity contribution in [1.82, 2.24) is 9.78 Å². The summed E-state index contributed by atoms with van der Waals surface area (Å²) < 4.78 is 1.75. The van der Waals surface area contributed by atoms with Gasteiger partial charge in [-0.3, -0.25) is 0 Å². The Bertz CT molecular complexity index is 1060. The molecule has 0 spiro atoms. The van der Waals surface area contributed by atoms with Gasteiger partial charge >= 0.3 is 6.03 Å². The SMILES string of the molecule is O=C(Nc1ccccc1Cl)Nc1cn(-c2ccccc2)nc1-c1cccs1. The highest BCUT2D eigenvalue weighted by atomic mass is 35.5. The zero-order chi connectivity index (χ0) is 18.6. The second-order valence-corrected chi connectivity index (χ2v) is 7.06. The Kier molecular flexibility index (Phi) is 4.91. The summed E-state index contributed by atoms with van der Waals surface area (Å²) in [5.41, 5.74) is 2.79. The van der Waals surface area contributed by atoms with Crippen molar-refractivity contribution < 1.29 is 4.79 Å². The highest BCUT2D eigenvalue weighted by Gasteiger charge is 2.16. The van der Waals surface area contributed by atoms with Gasteiger partial charge in [-0.1, -0.05) is 48.0 Å². The zero-order valence-corrected chi connectivity index (χ0v) is 15.7. The van der Waals surface area contributed by atoms with E-state index < -0.39 is 0 Å². The summed E-state index contributed by atoms with van der Waals surface area (Å²) in [6, 6.07) is 20.4. The molecule has 0 aliphatic carbocycles. The number of benzene rings is 2. The highest BCUT2D eigenvalue weighted by Crippen LogP contribution is 2.31. The molecule has 0 aliphatic heterocycles.